The van der Waals surface area contributed by atoms with Gasteiger partial charge in [0.15, 0.2) is 0 Å². The molecule has 0 aliphatic carbocycles. The lowest BCUT2D eigenvalue weighted by molar-refractivity contribution is -0.137. The number of aliphatic carboxylic acids is 1. The summed E-state index contributed by atoms with van der Waals surface area (Å²) in [7, 11) is 0. The van der Waals surface area contributed by atoms with Crippen LogP contribution >= 0.6 is 0 Å². The molecule has 26 heavy (non-hydrogen) atoms. The normalized spacial score (nSPS) is 36.5. The van der Waals surface area contributed by atoms with Crippen LogP contribution in [0, 0.1) is 11.8 Å². The van der Waals surface area contributed by atoms with E-state index in [1.54, 1.807) is 0 Å². The van der Waals surface area contributed by atoms with E-state index in [4.69, 9.17) is 14.6 Å². The highest BCUT2D eigenvalue weighted by molar-refractivity contribution is 5.66. The molecule has 0 spiro atoms. The molecule has 2 bridgehead atoms. The van der Waals surface area contributed by atoms with Crippen molar-refractivity contribution in [1.82, 2.24) is 0 Å². The van der Waals surface area contributed by atoms with E-state index in [-0.39, 0.29) is 36.9 Å². The van der Waals surface area contributed by atoms with E-state index in [0.29, 0.717) is 18.3 Å². The van der Waals surface area contributed by atoms with E-state index in [1.807, 2.05) is 12.2 Å². The van der Waals surface area contributed by atoms with Crippen molar-refractivity contribution in [3.63, 3.8) is 0 Å². The highest BCUT2D eigenvalue weighted by atomic mass is 16.6. The van der Waals surface area contributed by atoms with Gasteiger partial charge in [0.25, 0.3) is 0 Å². The molecule has 3 aliphatic rings. The van der Waals surface area contributed by atoms with E-state index in [2.05, 4.69) is 19.1 Å². The predicted molar refractivity (Wildman–Crippen MR) is 98.8 cm³/mol. The number of aliphatic hydroxyl groups excluding tert-OH is 1. The zero-order valence-electron chi connectivity index (χ0n) is 15.6. The Hall–Kier alpha value is -1.17. The molecule has 3 heterocycles. The van der Waals surface area contributed by atoms with E-state index < -0.39 is 5.97 Å². The number of allylic oxidation sites excluding steroid dienone is 1. The van der Waals surface area contributed by atoms with Crippen molar-refractivity contribution in [2.24, 2.45) is 11.8 Å². The van der Waals surface area contributed by atoms with Crippen molar-refractivity contribution < 1.29 is 24.5 Å². The number of rotatable bonds is 11. The smallest absolute Gasteiger partial charge is 0.303 e. The molecule has 5 nitrogen and oxygen atoms in total. The lowest BCUT2D eigenvalue weighted by Crippen LogP contribution is -2.31. The van der Waals surface area contributed by atoms with Gasteiger partial charge in [-0.05, 0) is 19.3 Å². The van der Waals surface area contributed by atoms with Crippen LogP contribution in [0.1, 0.15) is 58.3 Å². The highest BCUT2D eigenvalue weighted by Crippen LogP contribution is 2.52. The van der Waals surface area contributed by atoms with Gasteiger partial charge in [-0.25, -0.2) is 0 Å². The van der Waals surface area contributed by atoms with Gasteiger partial charge in [-0.15, -0.1) is 0 Å². The maximum Gasteiger partial charge on any atom is 0.303 e. The monoisotopic (exact) mass is 364 g/mol. The third-order valence-electron chi connectivity index (χ3n) is 5.87. The fraction of sp³-hybridized carbons (Fsp3) is 0.762. The van der Waals surface area contributed by atoms with Crippen molar-refractivity contribution in [2.75, 3.05) is 0 Å². The third-order valence-corrected chi connectivity index (χ3v) is 5.87. The van der Waals surface area contributed by atoms with E-state index in [1.165, 1.54) is 0 Å². The van der Waals surface area contributed by atoms with Crippen LogP contribution in [0.2, 0.25) is 0 Å². The molecule has 3 fully saturated rings. The molecular formula is C21H32O5. The van der Waals surface area contributed by atoms with Gasteiger partial charge in [0.2, 0.25) is 0 Å². The first-order valence-electron chi connectivity index (χ1n) is 10.2. The van der Waals surface area contributed by atoms with Gasteiger partial charge < -0.3 is 19.7 Å². The Kier molecular flexibility index (Phi) is 6.90. The number of carboxylic acids is 1. The largest absolute Gasteiger partial charge is 0.481 e. The maximum absolute atomic E-state index is 10.6. The fourth-order valence-corrected chi connectivity index (χ4v) is 4.58. The van der Waals surface area contributed by atoms with Gasteiger partial charge in [-0.1, -0.05) is 50.5 Å². The van der Waals surface area contributed by atoms with Crippen LogP contribution in [-0.4, -0.2) is 46.7 Å². The zero-order valence-corrected chi connectivity index (χ0v) is 15.6. The van der Waals surface area contributed by atoms with E-state index >= 15 is 0 Å². The molecule has 0 unspecified atom stereocenters. The standard InChI is InChI=1S/C21H32O5/c1-2-3-5-8-14(22)11-12-15-17-13-18-21(26-17)20(15)16(25-18)9-6-4-7-10-19(23)24/h6,9,11-12,14-18,20-22H,2-5,7-8,10,13H2,1H3,(H,23,24)/b9-6+,12-11+/t14-,15-,16+,17+,18+,20+,21-/m1/s1. The molecule has 0 saturated carbocycles. The summed E-state index contributed by atoms with van der Waals surface area (Å²) < 4.78 is 12.3. The minimum atomic E-state index is -0.747. The lowest BCUT2D eigenvalue weighted by atomic mass is 9.77. The summed E-state index contributed by atoms with van der Waals surface area (Å²) in [5.41, 5.74) is 0. The molecule has 0 aromatic rings. The second-order valence-corrected chi connectivity index (χ2v) is 7.83. The maximum atomic E-state index is 10.6. The van der Waals surface area contributed by atoms with Crippen LogP contribution < -0.4 is 0 Å². The molecule has 7 atom stereocenters. The van der Waals surface area contributed by atoms with Crippen LogP contribution in [0.15, 0.2) is 24.3 Å². The zero-order chi connectivity index (χ0) is 18.5. The Labute approximate surface area is 156 Å². The second-order valence-electron chi connectivity index (χ2n) is 7.83. The summed E-state index contributed by atoms with van der Waals surface area (Å²) in [6.07, 6.45) is 15.2. The Balaban J connectivity index is 1.53. The van der Waals surface area contributed by atoms with Gasteiger partial charge in [0, 0.05) is 24.7 Å². The Bertz CT molecular complexity index is 526. The molecule has 0 aromatic carbocycles. The summed E-state index contributed by atoms with van der Waals surface area (Å²) in [6, 6.07) is 0. The van der Waals surface area contributed by atoms with Crippen LogP contribution in [0.3, 0.4) is 0 Å². The molecule has 3 rings (SSSR count). The third kappa shape index (κ3) is 4.56. The van der Waals surface area contributed by atoms with Crippen LogP contribution in [0.25, 0.3) is 0 Å². The van der Waals surface area contributed by atoms with Gasteiger partial charge in [0.1, 0.15) is 0 Å². The number of carboxylic acid groups (broad SMARTS) is 1. The van der Waals surface area contributed by atoms with Gasteiger partial charge >= 0.3 is 5.97 Å². The fourth-order valence-electron chi connectivity index (χ4n) is 4.58. The number of ether oxygens (including phenoxy) is 2. The first-order valence-corrected chi connectivity index (χ1v) is 10.2. The summed E-state index contributed by atoms with van der Waals surface area (Å²) >= 11 is 0. The molecule has 3 aliphatic heterocycles. The van der Waals surface area contributed by atoms with E-state index in [0.717, 1.165) is 38.5 Å². The van der Waals surface area contributed by atoms with Crippen LogP contribution in [0.4, 0.5) is 0 Å². The van der Waals surface area contributed by atoms with Crippen molar-refractivity contribution >= 4 is 5.97 Å². The average Bonchev–Trinajstić information content (AvgIpc) is 3.21. The van der Waals surface area contributed by atoms with Gasteiger partial charge in [-0.2, -0.15) is 0 Å². The number of fused-ring (bicyclic) bond motifs is 1. The molecule has 5 heteroatoms. The number of aliphatic hydroxyl groups is 1. The summed E-state index contributed by atoms with van der Waals surface area (Å²) in [6.45, 7) is 2.17. The first-order chi connectivity index (χ1) is 12.6. The number of hydrogen-bond acceptors (Lipinski definition) is 4. The van der Waals surface area contributed by atoms with E-state index in [9.17, 15) is 9.90 Å². The van der Waals surface area contributed by atoms with Crippen molar-refractivity contribution in [2.45, 2.75) is 88.8 Å². The Morgan fingerprint density at radius 3 is 2.81 bits per heavy atom. The highest BCUT2D eigenvalue weighted by Gasteiger charge is 2.61. The quantitative estimate of drug-likeness (QED) is 0.434. The molecule has 0 amide bonds. The molecule has 0 aromatic heterocycles. The minimum Gasteiger partial charge on any atom is -0.481 e. The minimum absolute atomic E-state index is 0.0363. The molecule has 2 N–H and O–H groups in total. The molecule has 146 valence electrons. The lowest BCUT2D eigenvalue weighted by Gasteiger charge is -2.22. The van der Waals surface area contributed by atoms with Gasteiger partial charge in [-0.3, -0.25) is 4.79 Å². The summed E-state index contributed by atoms with van der Waals surface area (Å²) in [5.74, 6) is -0.134. The Morgan fingerprint density at radius 1 is 1.19 bits per heavy atom. The number of hydrogen-bond donors (Lipinski definition) is 2. The van der Waals surface area contributed by atoms with Gasteiger partial charge in [0.05, 0.1) is 30.5 Å². The Morgan fingerprint density at radius 2 is 2.04 bits per heavy atom. The van der Waals surface area contributed by atoms with Crippen molar-refractivity contribution in [3.05, 3.63) is 24.3 Å². The van der Waals surface area contributed by atoms with Crippen molar-refractivity contribution in [3.8, 4) is 0 Å². The van der Waals surface area contributed by atoms with Crippen LogP contribution in [0.5, 0.6) is 0 Å². The number of carbonyl (C=O) groups is 1. The molecule has 0 radical (unpaired) electrons. The first kappa shape index (κ1) is 19.6. The number of unbranched alkanes of at least 4 members (excludes halogenated alkanes) is 3. The van der Waals surface area contributed by atoms with Crippen molar-refractivity contribution in [1.29, 1.82) is 0 Å². The molecule has 3 saturated heterocycles. The average molecular weight is 364 g/mol. The van der Waals surface area contributed by atoms with Crippen LogP contribution in [-0.2, 0) is 14.3 Å². The molecular weight excluding hydrogens is 332 g/mol. The SMILES string of the molecule is CCCCC[C@@H](O)/C=C/[C@H]1[C@@H]2[C@@H]3O[C@H]1C[C@@H]3O[C@H]2/C=C/CCCC(=O)O. The summed E-state index contributed by atoms with van der Waals surface area (Å²) in [4.78, 5) is 10.6. The predicted octanol–water partition coefficient (Wildman–Crippen LogP) is 3.47. The topological polar surface area (TPSA) is 76.0 Å². The second kappa shape index (κ2) is 9.16. The summed E-state index contributed by atoms with van der Waals surface area (Å²) in [5, 5.41) is 18.9.